The van der Waals surface area contributed by atoms with Gasteiger partial charge in [0.25, 0.3) is 0 Å². The molecule has 1 heterocycles. The Morgan fingerprint density at radius 3 is 2.81 bits per heavy atom. The zero-order valence-corrected chi connectivity index (χ0v) is 10.6. The quantitative estimate of drug-likeness (QED) is 0.726. The van der Waals surface area contributed by atoms with Crippen molar-refractivity contribution in [1.29, 1.82) is 0 Å². The highest BCUT2D eigenvalue weighted by Gasteiger charge is 2.04. The van der Waals surface area contributed by atoms with E-state index in [0.29, 0.717) is 0 Å². The molecule has 1 aromatic rings. The van der Waals surface area contributed by atoms with E-state index < -0.39 is 0 Å². The van der Waals surface area contributed by atoms with Gasteiger partial charge in [-0.3, -0.25) is 4.98 Å². The second-order valence-electron chi connectivity index (χ2n) is 4.37. The Morgan fingerprint density at radius 1 is 1.31 bits per heavy atom. The molecule has 0 saturated heterocycles. The van der Waals surface area contributed by atoms with Gasteiger partial charge in [-0.15, -0.1) is 0 Å². The third-order valence-corrected chi connectivity index (χ3v) is 3.01. The first-order chi connectivity index (χ1) is 7.86. The molecule has 0 bridgehead atoms. The van der Waals surface area contributed by atoms with Gasteiger partial charge in [-0.05, 0) is 31.0 Å². The van der Waals surface area contributed by atoms with Crippen LogP contribution in [0.4, 0.5) is 0 Å². The lowest BCUT2D eigenvalue weighted by molar-refractivity contribution is 0.418. The lowest BCUT2D eigenvalue weighted by atomic mass is 9.99. The highest BCUT2D eigenvalue weighted by Crippen LogP contribution is 2.11. The number of unbranched alkanes of at least 4 members (excludes halogenated alkanes) is 1. The monoisotopic (exact) mass is 220 g/mol. The van der Waals surface area contributed by atoms with Crippen LogP contribution in [0.1, 0.15) is 45.2 Å². The number of hydrogen-bond acceptors (Lipinski definition) is 2. The van der Waals surface area contributed by atoms with E-state index in [0.717, 1.165) is 24.7 Å². The Hall–Kier alpha value is -0.890. The molecule has 90 valence electrons. The minimum Gasteiger partial charge on any atom is -0.311 e. The first kappa shape index (κ1) is 13.2. The fourth-order valence-corrected chi connectivity index (χ4v) is 1.85. The Kier molecular flexibility index (Phi) is 6.82. The average molecular weight is 220 g/mol. The molecule has 0 amide bonds. The molecule has 0 aliphatic heterocycles. The van der Waals surface area contributed by atoms with Gasteiger partial charge in [-0.1, -0.05) is 39.2 Å². The standard InChI is InChI=1S/C14H24N2/c1-3-5-8-13(4-2)11-15-12-14-9-6-7-10-16-14/h6-7,9-10,13,15H,3-5,8,11-12H2,1-2H3/t13-/m0/s1. The van der Waals surface area contributed by atoms with Gasteiger partial charge in [0.05, 0.1) is 5.69 Å². The van der Waals surface area contributed by atoms with Crippen LogP contribution in [0.5, 0.6) is 0 Å². The van der Waals surface area contributed by atoms with Gasteiger partial charge in [0.1, 0.15) is 0 Å². The van der Waals surface area contributed by atoms with Crippen LogP contribution in [-0.4, -0.2) is 11.5 Å². The van der Waals surface area contributed by atoms with Crippen molar-refractivity contribution < 1.29 is 0 Å². The Morgan fingerprint density at radius 2 is 2.19 bits per heavy atom. The fraction of sp³-hybridized carbons (Fsp3) is 0.643. The Balaban J connectivity index is 2.18. The van der Waals surface area contributed by atoms with Crippen LogP contribution in [0, 0.1) is 5.92 Å². The van der Waals surface area contributed by atoms with Crippen LogP contribution in [0.25, 0.3) is 0 Å². The summed E-state index contributed by atoms with van der Waals surface area (Å²) in [6.07, 6.45) is 7.13. The molecule has 1 rings (SSSR count). The topological polar surface area (TPSA) is 24.9 Å². The maximum absolute atomic E-state index is 4.30. The van der Waals surface area contributed by atoms with Crippen LogP contribution in [0.2, 0.25) is 0 Å². The second-order valence-corrected chi connectivity index (χ2v) is 4.37. The first-order valence-corrected chi connectivity index (χ1v) is 6.47. The molecule has 0 saturated carbocycles. The summed E-state index contributed by atoms with van der Waals surface area (Å²) in [5, 5.41) is 3.50. The van der Waals surface area contributed by atoms with E-state index in [1.165, 1.54) is 25.7 Å². The number of pyridine rings is 1. The van der Waals surface area contributed by atoms with Crippen LogP contribution in [0.15, 0.2) is 24.4 Å². The Bertz CT molecular complexity index is 259. The third-order valence-electron chi connectivity index (χ3n) is 3.01. The average Bonchev–Trinajstić information content (AvgIpc) is 2.35. The first-order valence-electron chi connectivity index (χ1n) is 6.47. The van der Waals surface area contributed by atoms with Gasteiger partial charge < -0.3 is 5.32 Å². The summed E-state index contributed by atoms with van der Waals surface area (Å²) in [6.45, 7) is 6.55. The number of rotatable bonds is 8. The summed E-state index contributed by atoms with van der Waals surface area (Å²) in [7, 11) is 0. The maximum atomic E-state index is 4.30. The van der Waals surface area contributed by atoms with Crippen molar-refractivity contribution in [2.75, 3.05) is 6.54 Å². The molecular formula is C14H24N2. The van der Waals surface area contributed by atoms with Crippen molar-refractivity contribution >= 4 is 0 Å². The number of hydrogen-bond donors (Lipinski definition) is 1. The molecule has 2 nitrogen and oxygen atoms in total. The highest BCUT2D eigenvalue weighted by atomic mass is 14.9. The van der Waals surface area contributed by atoms with E-state index in [1.54, 1.807) is 0 Å². The molecule has 1 atom stereocenters. The van der Waals surface area contributed by atoms with Gasteiger partial charge in [-0.2, -0.15) is 0 Å². The molecule has 0 fully saturated rings. The summed E-state index contributed by atoms with van der Waals surface area (Å²) in [5.74, 6) is 0.823. The predicted octanol–water partition coefficient (Wildman–Crippen LogP) is 3.39. The summed E-state index contributed by atoms with van der Waals surface area (Å²) >= 11 is 0. The van der Waals surface area contributed by atoms with E-state index in [4.69, 9.17) is 0 Å². The maximum Gasteiger partial charge on any atom is 0.0541 e. The van der Waals surface area contributed by atoms with Crippen molar-refractivity contribution in [3.63, 3.8) is 0 Å². The molecule has 16 heavy (non-hydrogen) atoms. The molecule has 0 aromatic carbocycles. The number of nitrogens with one attached hydrogen (secondary N) is 1. The van der Waals surface area contributed by atoms with E-state index in [-0.39, 0.29) is 0 Å². The van der Waals surface area contributed by atoms with E-state index in [1.807, 2.05) is 18.3 Å². The van der Waals surface area contributed by atoms with Crippen molar-refractivity contribution in [2.24, 2.45) is 5.92 Å². The van der Waals surface area contributed by atoms with Crippen molar-refractivity contribution in [3.8, 4) is 0 Å². The van der Waals surface area contributed by atoms with Crippen molar-refractivity contribution in [3.05, 3.63) is 30.1 Å². The minimum absolute atomic E-state index is 0.823. The summed E-state index contributed by atoms with van der Waals surface area (Å²) in [5.41, 5.74) is 1.13. The van der Waals surface area contributed by atoms with Gasteiger partial charge in [0, 0.05) is 12.7 Å². The lowest BCUT2D eigenvalue weighted by Gasteiger charge is -2.14. The van der Waals surface area contributed by atoms with E-state index >= 15 is 0 Å². The zero-order chi connectivity index (χ0) is 11.6. The molecule has 0 aliphatic rings. The number of aromatic nitrogens is 1. The molecule has 0 radical (unpaired) electrons. The van der Waals surface area contributed by atoms with Crippen LogP contribution >= 0.6 is 0 Å². The lowest BCUT2D eigenvalue weighted by Crippen LogP contribution is -2.22. The summed E-state index contributed by atoms with van der Waals surface area (Å²) < 4.78 is 0. The normalized spacial score (nSPS) is 12.6. The third kappa shape index (κ3) is 5.26. The van der Waals surface area contributed by atoms with Crippen molar-refractivity contribution in [1.82, 2.24) is 10.3 Å². The van der Waals surface area contributed by atoms with Crippen LogP contribution < -0.4 is 5.32 Å². The Labute approximate surface area is 99.5 Å². The summed E-state index contributed by atoms with van der Waals surface area (Å²) in [4.78, 5) is 4.30. The summed E-state index contributed by atoms with van der Waals surface area (Å²) in [6, 6.07) is 6.07. The molecular weight excluding hydrogens is 196 g/mol. The fourth-order valence-electron chi connectivity index (χ4n) is 1.85. The van der Waals surface area contributed by atoms with Gasteiger partial charge in [0.15, 0.2) is 0 Å². The zero-order valence-electron chi connectivity index (χ0n) is 10.6. The van der Waals surface area contributed by atoms with E-state index in [9.17, 15) is 0 Å². The van der Waals surface area contributed by atoms with Crippen LogP contribution in [0.3, 0.4) is 0 Å². The molecule has 2 heteroatoms. The predicted molar refractivity (Wildman–Crippen MR) is 69.2 cm³/mol. The van der Waals surface area contributed by atoms with Gasteiger partial charge >= 0.3 is 0 Å². The van der Waals surface area contributed by atoms with Crippen LogP contribution in [-0.2, 0) is 6.54 Å². The molecule has 0 spiro atoms. The SMILES string of the molecule is CCCC[C@H](CC)CNCc1ccccn1. The molecule has 0 unspecified atom stereocenters. The second kappa shape index (κ2) is 8.28. The van der Waals surface area contributed by atoms with Gasteiger partial charge in [0.2, 0.25) is 0 Å². The van der Waals surface area contributed by atoms with Crippen molar-refractivity contribution in [2.45, 2.75) is 46.1 Å². The largest absolute Gasteiger partial charge is 0.311 e. The molecule has 0 aliphatic carbocycles. The molecule has 1 N–H and O–H groups in total. The van der Waals surface area contributed by atoms with E-state index in [2.05, 4.69) is 30.2 Å². The number of nitrogens with zero attached hydrogens (tertiary/aromatic N) is 1. The highest BCUT2D eigenvalue weighted by molar-refractivity contribution is 5.02. The minimum atomic E-state index is 0.823. The van der Waals surface area contributed by atoms with Gasteiger partial charge in [-0.25, -0.2) is 0 Å². The smallest absolute Gasteiger partial charge is 0.0541 e. The molecule has 1 aromatic heterocycles.